The van der Waals surface area contributed by atoms with Gasteiger partial charge in [0.05, 0.1) is 6.42 Å². The fourth-order valence-corrected chi connectivity index (χ4v) is 15.0. The molecule has 740 valence electrons. The lowest BCUT2D eigenvalue weighted by molar-refractivity contribution is -0.138. The van der Waals surface area contributed by atoms with E-state index < -0.39 is 230 Å². The third kappa shape index (κ3) is 59.5. The molecule has 2 aromatic rings. The SMILES string of the molecule is C[C@@H](CC(=O)N[C@@H](CCCCN)CC(=O)N[C@@H](CCC(N)=O)CC(=O)N[C@@H](C)CC(=O)N[C@@H](CC(N)=O)CC(=O)N[C@@H](C)CC(=O)N[C@@H](C)CC(=O)N[C@@H](CC(N)=O)CC(=O)N[C@@H](CCCCN)CC(=O)N[C@@H](C)CC(=O)N[C@@H](CC(N)=O)CC(=O)N[C@@H](CCCCN)CC(=O)N[C@H](CC(=O)O)Cc1ccccc1)NC(=O)C[C@H](Cc1ccccc1)NC(=O)C[C@@H](N)CCCCN. The molecule has 18 amide bonds. The standard InChI is InChI=1S/C89H149N23O20/c1-54(102-84(126)50-68(42-72(96)114)110-78(120)38-58(5)101-82(124)48-65(28-29-71(95)113)107-85(127)46-63(26-14-18-32-92)104-76(118)35-56(3)103-83(125)49-66(39-59-20-8-6-9-21-59)108-80(122)41-61(94)24-12-16-30-90)34-75(117)99-55(2)36-77(119)111-69(43-73(97)115)51-87(129)105-62(25-13-17-31-91)45-81(123)100-57(4)37-79(121)112-70(44-74(98)116)52-88(130)106-64(27-15-19-33-93)47-86(128)109-67(53-89(131)132)40-60-22-10-7-11-23-60/h6-11,20-23,54-58,61-70H,12-19,24-53,90-94H2,1-5H3,(H2,95,113)(H2,96,114)(H2,97,115)(H2,98,116)(H,99,117)(H,100,123)(H,101,124)(H,102,126)(H,103,125)(H,104,118)(H,105,129)(H,106,130)(H,107,127)(H,108,122)(H,109,128)(H,110,120)(H,111,119)(H,112,121)(H,131,132)/t54-,55-,56-,57-,58-,61-,62-,63-,64-,65-,66-,67-,68-,69-,70-/m0/s1. The minimum absolute atomic E-state index is 0.0609. The molecule has 15 atom stereocenters. The highest BCUT2D eigenvalue weighted by atomic mass is 16.4. The number of aliphatic carboxylic acids is 1. The normalized spacial score (nSPS) is 14.5. The molecule has 33 N–H and O–H groups in total. The summed E-state index contributed by atoms with van der Waals surface area (Å²) in [7, 11) is 0. The zero-order valence-corrected chi connectivity index (χ0v) is 77.2. The van der Waals surface area contributed by atoms with Crippen molar-refractivity contribution in [1.29, 1.82) is 0 Å². The highest BCUT2D eigenvalue weighted by Gasteiger charge is 2.31. The minimum atomic E-state index is -1.15. The van der Waals surface area contributed by atoms with Gasteiger partial charge in [-0.15, -0.1) is 0 Å². The first-order valence-corrected chi connectivity index (χ1v) is 45.6. The summed E-state index contributed by atoms with van der Waals surface area (Å²) in [5.74, 6) is -12.7. The number of unbranched alkanes of at least 4 members (excludes halogenated alkanes) is 4. The summed E-state index contributed by atoms with van der Waals surface area (Å²) in [5, 5.41) is 47.7. The molecule has 43 heteroatoms. The molecule has 0 radical (unpaired) electrons. The summed E-state index contributed by atoms with van der Waals surface area (Å²) in [4.78, 5) is 249. The highest BCUT2D eigenvalue weighted by Crippen LogP contribution is 2.17. The van der Waals surface area contributed by atoms with Crippen molar-refractivity contribution in [3.8, 4) is 0 Å². The van der Waals surface area contributed by atoms with Crippen molar-refractivity contribution < 1.29 is 96.2 Å². The molecular weight excluding hydrogens is 1710 g/mol. The molecule has 0 aliphatic heterocycles. The van der Waals surface area contributed by atoms with Crippen LogP contribution in [0, 0.1) is 0 Å². The van der Waals surface area contributed by atoms with Gasteiger partial charge in [-0.05, 0) is 143 Å². The molecule has 2 aromatic carbocycles. The van der Waals surface area contributed by atoms with Crippen LogP contribution >= 0.6 is 0 Å². The lowest BCUT2D eigenvalue weighted by Gasteiger charge is -2.24. The lowest BCUT2D eigenvalue weighted by Crippen LogP contribution is -2.47. The average molecular weight is 1860 g/mol. The molecule has 43 nitrogen and oxygen atoms in total. The average Bonchev–Trinajstić information content (AvgIpc) is 0.898. The quantitative estimate of drug-likeness (QED) is 0.0294. The summed E-state index contributed by atoms with van der Waals surface area (Å²) in [6.45, 7) is 9.14. The predicted octanol–water partition coefficient (Wildman–Crippen LogP) is -2.97. The number of carbonyl (C=O) groups excluding carboxylic acids is 18. The number of nitrogens with one attached hydrogen (secondary N) is 14. The number of rotatable bonds is 73. The van der Waals surface area contributed by atoms with Crippen molar-refractivity contribution in [3.63, 3.8) is 0 Å². The number of carboxylic acids is 1. The predicted molar refractivity (Wildman–Crippen MR) is 492 cm³/mol. The van der Waals surface area contributed by atoms with E-state index >= 15 is 0 Å². The molecule has 0 aromatic heterocycles. The van der Waals surface area contributed by atoms with Crippen molar-refractivity contribution in [3.05, 3.63) is 71.8 Å². The summed E-state index contributed by atoms with van der Waals surface area (Å²) in [5.41, 5.74) is 52.7. The Morgan fingerprint density at radius 3 is 0.720 bits per heavy atom. The Morgan fingerprint density at radius 1 is 0.242 bits per heavy atom. The summed E-state index contributed by atoms with van der Waals surface area (Å²) >= 11 is 0. The molecule has 132 heavy (non-hydrogen) atoms. The van der Waals surface area contributed by atoms with Crippen molar-refractivity contribution >= 4 is 112 Å². The van der Waals surface area contributed by atoms with Gasteiger partial charge in [0.15, 0.2) is 0 Å². The van der Waals surface area contributed by atoms with Crippen LogP contribution in [0.3, 0.4) is 0 Å². The van der Waals surface area contributed by atoms with Crippen LogP contribution < -0.4 is 126 Å². The maximum Gasteiger partial charge on any atom is 0.305 e. The van der Waals surface area contributed by atoms with Crippen molar-refractivity contribution in [1.82, 2.24) is 74.4 Å². The Kier molecular flexibility index (Phi) is 58.6. The molecule has 0 aliphatic rings. The van der Waals surface area contributed by atoms with Gasteiger partial charge in [0.1, 0.15) is 0 Å². The van der Waals surface area contributed by atoms with Crippen LogP contribution in [0.1, 0.15) is 251 Å². The molecule has 2 rings (SSSR count). The first-order chi connectivity index (χ1) is 62.5. The topological polar surface area (TPSA) is 747 Å². The first kappa shape index (κ1) is 116. The summed E-state index contributed by atoms with van der Waals surface area (Å²) < 4.78 is 0. The Bertz CT molecular complexity index is 3980. The van der Waals surface area contributed by atoms with Gasteiger partial charge in [0.2, 0.25) is 106 Å². The van der Waals surface area contributed by atoms with E-state index in [1.165, 1.54) is 27.7 Å². The van der Waals surface area contributed by atoms with Gasteiger partial charge in [0.25, 0.3) is 0 Å². The monoisotopic (exact) mass is 1860 g/mol. The highest BCUT2D eigenvalue weighted by molar-refractivity contribution is 5.89. The number of nitrogens with two attached hydrogens (primary N) is 9. The Balaban J connectivity index is 1.99. The Morgan fingerprint density at radius 2 is 0.455 bits per heavy atom. The van der Waals surface area contributed by atoms with Crippen LogP contribution in [0.2, 0.25) is 0 Å². The van der Waals surface area contributed by atoms with Gasteiger partial charge in [-0.25, -0.2) is 0 Å². The van der Waals surface area contributed by atoms with Gasteiger partial charge in [0, 0.05) is 206 Å². The molecule has 0 fully saturated rings. The fourth-order valence-electron chi connectivity index (χ4n) is 15.0. The Hall–Kier alpha value is -11.8. The summed E-state index contributed by atoms with van der Waals surface area (Å²) in [6, 6.07) is 5.84. The third-order valence-corrected chi connectivity index (χ3v) is 20.9. The number of amides is 18. The lowest BCUT2D eigenvalue weighted by atomic mass is 10.0. The van der Waals surface area contributed by atoms with Gasteiger partial charge in [-0.3, -0.25) is 91.1 Å². The number of hydrogen-bond donors (Lipinski definition) is 24. The zero-order valence-electron chi connectivity index (χ0n) is 77.2. The summed E-state index contributed by atoms with van der Waals surface area (Å²) in [6.07, 6.45) is 0.659. The fraction of sp³-hybridized carbons (Fsp3) is 0.652. The van der Waals surface area contributed by atoms with E-state index in [9.17, 15) is 96.2 Å². The van der Waals surface area contributed by atoms with Gasteiger partial charge in [-0.1, -0.05) is 86.3 Å². The number of carbonyl (C=O) groups is 19. The zero-order chi connectivity index (χ0) is 98.6. The van der Waals surface area contributed by atoms with Crippen LogP contribution in [0.25, 0.3) is 0 Å². The van der Waals surface area contributed by atoms with Crippen LogP contribution in [0.15, 0.2) is 60.7 Å². The molecule has 0 unspecified atom stereocenters. The molecule has 0 spiro atoms. The van der Waals surface area contributed by atoms with E-state index in [0.29, 0.717) is 90.4 Å². The van der Waals surface area contributed by atoms with Crippen LogP contribution in [-0.2, 0) is 104 Å². The smallest absolute Gasteiger partial charge is 0.305 e. The minimum Gasteiger partial charge on any atom is -0.481 e. The molecule has 0 aliphatic carbocycles. The van der Waals surface area contributed by atoms with E-state index in [1.54, 1.807) is 37.3 Å². The number of hydrogen-bond acceptors (Lipinski definition) is 24. The largest absolute Gasteiger partial charge is 0.481 e. The second kappa shape index (κ2) is 66.5. The third-order valence-electron chi connectivity index (χ3n) is 20.9. The maximum absolute atomic E-state index is 13.7. The van der Waals surface area contributed by atoms with Crippen molar-refractivity contribution in [2.24, 2.45) is 51.6 Å². The van der Waals surface area contributed by atoms with Crippen LogP contribution in [0.5, 0.6) is 0 Å². The molecular formula is C89H149N23O20. The van der Waals surface area contributed by atoms with Gasteiger partial charge in [-0.2, -0.15) is 0 Å². The van der Waals surface area contributed by atoms with Gasteiger partial charge < -0.3 is 131 Å². The van der Waals surface area contributed by atoms with Gasteiger partial charge >= 0.3 is 5.97 Å². The molecule has 0 heterocycles. The van der Waals surface area contributed by atoms with Crippen LogP contribution in [-0.4, -0.2) is 234 Å². The number of primary amides is 4. The van der Waals surface area contributed by atoms with E-state index in [0.717, 1.165) is 24.0 Å². The number of carboxylic acid groups (broad SMARTS) is 1. The maximum atomic E-state index is 13.7. The molecule has 0 saturated carbocycles. The van der Waals surface area contributed by atoms with Crippen molar-refractivity contribution in [2.45, 2.75) is 344 Å². The molecule has 0 saturated heterocycles. The number of benzene rings is 2. The van der Waals surface area contributed by atoms with E-state index in [4.69, 9.17) is 51.6 Å². The van der Waals surface area contributed by atoms with E-state index in [1.807, 2.05) is 30.3 Å². The van der Waals surface area contributed by atoms with Crippen molar-refractivity contribution in [2.75, 3.05) is 26.2 Å². The first-order valence-electron chi connectivity index (χ1n) is 45.6. The van der Waals surface area contributed by atoms with Crippen LogP contribution in [0.4, 0.5) is 0 Å². The Labute approximate surface area is 772 Å². The van der Waals surface area contributed by atoms with E-state index in [2.05, 4.69) is 74.4 Å². The molecule has 0 bridgehead atoms. The van der Waals surface area contributed by atoms with E-state index in [-0.39, 0.29) is 115 Å². The second-order valence-electron chi connectivity index (χ2n) is 34.5. The second-order valence-corrected chi connectivity index (χ2v) is 34.5.